The quantitative estimate of drug-likeness (QED) is 0.804. The fourth-order valence-electron chi connectivity index (χ4n) is 2.28. The number of hydrogen-bond acceptors (Lipinski definition) is 4. The van der Waals surface area contributed by atoms with E-state index in [2.05, 4.69) is 9.97 Å². The van der Waals surface area contributed by atoms with Gasteiger partial charge in [0.1, 0.15) is 11.4 Å². The molecule has 0 aliphatic heterocycles. The Labute approximate surface area is 127 Å². The number of hydrogen-bond donors (Lipinski definition) is 1. The van der Waals surface area contributed by atoms with Crippen LogP contribution in [0.1, 0.15) is 6.92 Å². The molecule has 5 nitrogen and oxygen atoms in total. The Kier molecular flexibility index (Phi) is 3.78. The molecular formula is C17H16N2O3. The molecule has 0 saturated carbocycles. The third-order valence-corrected chi connectivity index (χ3v) is 3.37. The molecule has 0 radical (unpaired) electrons. The maximum absolute atomic E-state index is 12.3. The van der Waals surface area contributed by atoms with Crippen molar-refractivity contribution in [3.05, 3.63) is 52.8 Å². The Balaban J connectivity index is 2.08. The summed E-state index contributed by atoms with van der Waals surface area (Å²) in [4.78, 5) is 19.4. The molecular weight excluding hydrogens is 280 g/mol. The molecule has 0 spiro atoms. The van der Waals surface area contributed by atoms with Gasteiger partial charge in [-0.3, -0.25) is 4.79 Å². The topological polar surface area (TPSA) is 64.2 Å². The lowest BCUT2D eigenvalue weighted by Gasteiger charge is -2.06. The molecule has 112 valence electrons. The molecule has 0 fully saturated rings. The molecule has 1 aromatic carbocycles. The maximum Gasteiger partial charge on any atom is 0.257 e. The minimum atomic E-state index is -0.182. The predicted molar refractivity (Wildman–Crippen MR) is 85.5 cm³/mol. The van der Waals surface area contributed by atoms with Gasteiger partial charge in [-0.25, -0.2) is 0 Å². The minimum Gasteiger partial charge on any atom is -0.497 e. The van der Waals surface area contributed by atoms with Crippen LogP contribution in [0.2, 0.25) is 0 Å². The summed E-state index contributed by atoms with van der Waals surface area (Å²) in [5.74, 6) is 1.26. The van der Waals surface area contributed by atoms with Gasteiger partial charge in [0.2, 0.25) is 5.88 Å². The first kappa shape index (κ1) is 14.1. The van der Waals surface area contributed by atoms with Crippen molar-refractivity contribution in [3.63, 3.8) is 0 Å². The van der Waals surface area contributed by atoms with Crippen LogP contribution in [0.25, 0.3) is 22.2 Å². The lowest BCUT2D eigenvalue weighted by atomic mass is 10.1. The molecule has 3 aromatic rings. The predicted octanol–water partition coefficient (Wildman–Crippen LogP) is 3.00. The largest absolute Gasteiger partial charge is 0.497 e. The van der Waals surface area contributed by atoms with Gasteiger partial charge in [0, 0.05) is 17.0 Å². The molecule has 1 N–H and O–H groups in total. The Morgan fingerprint density at radius 2 is 1.91 bits per heavy atom. The van der Waals surface area contributed by atoms with E-state index in [1.807, 2.05) is 43.3 Å². The number of nitrogens with zero attached hydrogens (tertiary/aromatic N) is 1. The highest BCUT2D eigenvalue weighted by molar-refractivity contribution is 5.81. The van der Waals surface area contributed by atoms with Crippen molar-refractivity contribution in [1.82, 2.24) is 9.97 Å². The normalized spacial score (nSPS) is 10.6. The van der Waals surface area contributed by atoms with Crippen molar-refractivity contribution >= 4 is 11.0 Å². The zero-order chi connectivity index (χ0) is 15.5. The van der Waals surface area contributed by atoms with Crippen molar-refractivity contribution in [2.24, 2.45) is 0 Å². The number of nitrogens with one attached hydrogen (secondary N) is 1. The molecule has 0 unspecified atom stereocenters. The van der Waals surface area contributed by atoms with Crippen LogP contribution in [0.3, 0.4) is 0 Å². The fraction of sp³-hybridized carbons (Fsp3) is 0.176. The number of ether oxygens (including phenoxy) is 2. The summed E-state index contributed by atoms with van der Waals surface area (Å²) in [6.45, 7) is 2.42. The molecule has 0 saturated heterocycles. The number of fused-ring (bicyclic) bond motifs is 1. The molecule has 0 aliphatic carbocycles. The fourth-order valence-corrected chi connectivity index (χ4v) is 2.28. The highest BCUT2D eigenvalue weighted by Gasteiger charge is 2.07. The van der Waals surface area contributed by atoms with Gasteiger partial charge in [-0.1, -0.05) is 12.1 Å². The van der Waals surface area contributed by atoms with Crippen LogP contribution < -0.4 is 15.0 Å². The van der Waals surface area contributed by atoms with Crippen molar-refractivity contribution in [1.29, 1.82) is 0 Å². The van der Waals surface area contributed by atoms with E-state index in [1.165, 1.54) is 0 Å². The Morgan fingerprint density at radius 3 is 2.59 bits per heavy atom. The van der Waals surface area contributed by atoms with Gasteiger partial charge in [0.25, 0.3) is 5.56 Å². The maximum atomic E-state index is 12.3. The Bertz CT molecular complexity index is 854. The van der Waals surface area contributed by atoms with E-state index in [-0.39, 0.29) is 5.56 Å². The number of rotatable bonds is 4. The van der Waals surface area contributed by atoms with Crippen LogP contribution in [0.4, 0.5) is 0 Å². The Hall–Kier alpha value is -2.82. The van der Waals surface area contributed by atoms with Gasteiger partial charge in [0.05, 0.1) is 13.7 Å². The van der Waals surface area contributed by atoms with Crippen LogP contribution in [0, 0.1) is 0 Å². The van der Waals surface area contributed by atoms with Crippen molar-refractivity contribution < 1.29 is 9.47 Å². The first-order valence-electron chi connectivity index (χ1n) is 7.02. The average Bonchev–Trinajstić information content (AvgIpc) is 2.54. The number of pyridine rings is 2. The molecule has 0 bridgehead atoms. The molecule has 0 atom stereocenters. The standard InChI is InChI=1S/C17H16N2O3/c1-3-22-15-9-6-12-10-14(17(20)19-16(12)18-15)11-4-7-13(21-2)8-5-11/h4-10H,3H2,1-2H3,(H,18,19,20). The summed E-state index contributed by atoms with van der Waals surface area (Å²) in [5.41, 5.74) is 1.77. The molecule has 5 heteroatoms. The summed E-state index contributed by atoms with van der Waals surface area (Å²) in [6.07, 6.45) is 0. The highest BCUT2D eigenvalue weighted by atomic mass is 16.5. The van der Waals surface area contributed by atoms with E-state index in [0.717, 1.165) is 16.7 Å². The SMILES string of the molecule is CCOc1ccc2cc(-c3ccc(OC)cc3)c(=O)[nH]c2n1. The molecule has 22 heavy (non-hydrogen) atoms. The second-order valence-corrected chi connectivity index (χ2v) is 4.76. The average molecular weight is 296 g/mol. The smallest absolute Gasteiger partial charge is 0.257 e. The molecule has 3 rings (SSSR count). The lowest BCUT2D eigenvalue weighted by Crippen LogP contribution is -2.09. The van der Waals surface area contributed by atoms with Crippen LogP contribution in [-0.2, 0) is 0 Å². The first-order valence-corrected chi connectivity index (χ1v) is 7.02. The van der Waals surface area contributed by atoms with Gasteiger partial charge in [-0.2, -0.15) is 4.98 Å². The minimum absolute atomic E-state index is 0.182. The van der Waals surface area contributed by atoms with Crippen LogP contribution in [0.15, 0.2) is 47.3 Å². The molecule has 2 aromatic heterocycles. The summed E-state index contributed by atoms with van der Waals surface area (Å²) in [5, 5.41) is 0.855. The molecule has 0 amide bonds. The number of benzene rings is 1. The molecule has 0 aliphatic rings. The van der Waals surface area contributed by atoms with Gasteiger partial charge < -0.3 is 14.5 Å². The number of H-pyrrole nitrogens is 1. The van der Waals surface area contributed by atoms with Gasteiger partial charge in [-0.05, 0) is 36.8 Å². The van der Waals surface area contributed by atoms with Crippen molar-refractivity contribution in [2.45, 2.75) is 6.92 Å². The van der Waals surface area contributed by atoms with Crippen molar-refractivity contribution in [3.8, 4) is 22.8 Å². The van der Waals surface area contributed by atoms with Crippen molar-refractivity contribution in [2.75, 3.05) is 13.7 Å². The highest BCUT2D eigenvalue weighted by Crippen LogP contribution is 2.22. The Morgan fingerprint density at radius 1 is 1.14 bits per heavy atom. The van der Waals surface area contributed by atoms with Gasteiger partial charge >= 0.3 is 0 Å². The summed E-state index contributed by atoms with van der Waals surface area (Å²) in [7, 11) is 1.61. The summed E-state index contributed by atoms with van der Waals surface area (Å²) < 4.78 is 10.5. The van der Waals surface area contributed by atoms with Gasteiger partial charge in [0.15, 0.2) is 0 Å². The molecule has 2 heterocycles. The van der Waals surface area contributed by atoms with E-state index < -0.39 is 0 Å². The van der Waals surface area contributed by atoms with E-state index in [0.29, 0.717) is 23.7 Å². The number of aromatic nitrogens is 2. The van der Waals surface area contributed by atoms with E-state index >= 15 is 0 Å². The monoisotopic (exact) mass is 296 g/mol. The van der Waals surface area contributed by atoms with E-state index in [4.69, 9.17) is 9.47 Å². The number of aromatic amines is 1. The third-order valence-electron chi connectivity index (χ3n) is 3.37. The summed E-state index contributed by atoms with van der Waals surface area (Å²) >= 11 is 0. The van der Waals surface area contributed by atoms with E-state index in [9.17, 15) is 4.79 Å². The summed E-state index contributed by atoms with van der Waals surface area (Å²) in [6, 6.07) is 12.9. The third kappa shape index (κ3) is 2.65. The van der Waals surface area contributed by atoms with Crippen LogP contribution in [0.5, 0.6) is 11.6 Å². The zero-order valence-electron chi connectivity index (χ0n) is 12.4. The van der Waals surface area contributed by atoms with Gasteiger partial charge in [-0.15, -0.1) is 0 Å². The number of methoxy groups -OCH3 is 1. The first-order chi connectivity index (χ1) is 10.7. The second kappa shape index (κ2) is 5.89. The zero-order valence-corrected chi connectivity index (χ0v) is 12.4. The van der Waals surface area contributed by atoms with Crippen LogP contribution >= 0.6 is 0 Å². The second-order valence-electron chi connectivity index (χ2n) is 4.76. The van der Waals surface area contributed by atoms with E-state index in [1.54, 1.807) is 13.2 Å². The lowest BCUT2D eigenvalue weighted by molar-refractivity contribution is 0.328. The van der Waals surface area contributed by atoms with Crippen LogP contribution in [-0.4, -0.2) is 23.7 Å².